The molecule has 1 aromatic heterocycles. The second kappa shape index (κ2) is 8.37. The Morgan fingerprint density at radius 1 is 1.06 bits per heavy atom. The fourth-order valence-electron chi connectivity index (χ4n) is 6.35. The molecule has 2 aliphatic carbocycles. The van der Waals surface area contributed by atoms with Crippen LogP contribution in [0.5, 0.6) is 0 Å². The molecule has 6 rings (SSSR count). The van der Waals surface area contributed by atoms with Gasteiger partial charge in [0.15, 0.2) is 5.71 Å². The van der Waals surface area contributed by atoms with Crippen molar-refractivity contribution in [3.63, 3.8) is 0 Å². The van der Waals surface area contributed by atoms with E-state index in [1.54, 1.807) is 0 Å². The van der Waals surface area contributed by atoms with E-state index in [0.29, 0.717) is 11.1 Å². The third-order valence-electron chi connectivity index (χ3n) is 8.39. The average molecular weight is 466 g/mol. The number of rotatable bonds is 5. The number of ketones is 1. The summed E-state index contributed by atoms with van der Waals surface area (Å²) in [6.45, 7) is 5.39. The van der Waals surface area contributed by atoms with Gasteiger partial charge in [0, 0.05) is 46.8 Å². The van der Waals surface area contributed by atoms with Crippen LogP contribution in [0.4, 0.5) is 5.69 Å². The lowest BCUT2D eigenvalue weighted by Crippen LogP contribution is -2.31. The van der Waals surface area contributed by atoms with Gasteiger partial charge in [-0.05, 0) is 25.8 Å². The van der Waals surface area contributed by atoms with Crippen molar-refractivity contribution in [1.29, 1.82) is 0 Å². The second-order valence-corrected chi connectivity index (χ2v) is 10.8. The molecule has 4 heteroatoms. The molecule has 0 saturated heterocycles. The van der Waals surface area contributed by atoms with Gasteiger partial charge in [0.2, 0.25) is 11.5 Å². The van der Waals surface area contributed by atoms with E-state index in [1.165, 1.54) is 43.4 Å². The molecule has 4 nitrogen and oxygen atoms in total. The van der Waals surface area contributed by atoms with Crippen LogP contribution in [0, 0.1) is 5.92 Å². The van der Waals surface area contributed by atoms with Crippen LogP contribution >= 0.6 is 0 Å². The van der Waals surface area contributed by atoms with Gasteiger partial charge in [0.05, 0.1) is 16.6 Å². The maximum Gasteiger partial charge on any atom is 0.209 e. The first-order chi connectivity index (χ1) is 17.0. The van der Waals surface area contributed by atoms with E-state index >= 15 is 0 Å². The monoisotopic (exact) mass is 465 g/mol. The molecule has 0 atom stereocenters. The normalized spacial score (nSPS) is 21.2. The van der Waals surface area contributed by atoms with Crippen LogP contribution in [0.15, 0.2) is 72.1 Å². The zero-order valence-electron chi connectivity index (χ0n) is 20.6. The highest BCUT2D eigenvalue weighted by atomic mass is 16.3. The van der Waals surface area contributed by atoms with Crippen molar-refractivity contribution in [3.05, 3.63) is 83.3 Å². The number of nitrogens with zero attached hydrogens (tertiary/aromatic N) is 1. The Labute approximate surface area is 206 Å². The van der Waals surface area contributed by atoms with Gasteiger partial charge in [-0.25, -0.2) is 0 Å². The van der Waals surface area contributed by atoms with Crippen LogP contribution in [0.1, 0.15) is 63.5 Å². The summed E-state index contributed by atoms with van der Waals surface area (Å²) in [4.78, 5) is 16.6. The minimum Gasteiger partial charge on any atom is -0.506 e. The topological polar surface area (TPSA) is 56.1 Å². The smallest absolute Gasteiger partial charge is 0.209 e. The van der Waals surface area contributed by atoms with E-state index in [9.17, 15) is 9.90 Å². The van der Waals surface area contributed by atoms with E-state index in [1.807, 2.05) is 36.5 Å². The molecule has 35 heavy (non-hydrogen) atoms. The number of H-pyrrole nitrogens is 1. The molecule has 0 bridgehead atoms. The summed E-state index contributed by atoms with van der Waals surface area (Å²) in [6.07, 6.45) is 11.6. The van der Waals surface area contributed by atoms with Gasteiger partial charge in [-0.1, -0.05) is 68.5 Å². The molecular weight excluding hydrogens is 432 g/mol. The molecule has 0 radical (unpaired) electrons. The Balaban J connectivity index is 1.40. The summed E-state index contributed by atoms with van der Waals surface area (Å²) in [7, 11) is 0. The van der Waals surface area contributed by atoms with E-state index in [2.05, 4.69) is 47.7 Å². The zero-order chi connectivity index (χ0) is 24.2. The summed E-state index contributed by atoms with van der Waals surface area (Å²) >= 11 is 0. The van der Waals surface area contributed by atoms with E-state index < -0.39 is 0 Å². The first-order valence-electron chi connectivity index (χ1n) is 13.0. The second-order valence-electron chi connectivity index (χ2n) is 10.8. The van der Waals surface area contributed by atoms with Crippen molar-refractivity contribution >= 4 is 33.7 Å². The van der Waals surface area contributed by atoms with Crippen molar-refractivity contribution < 1.29 is 14.5 Å². The van der Waals surface area contributed by atoms with Crippen LogP contribution in [0.25, 0.3) is 16.5 Å². The standard InChI is InChI=1S/C31H32N2O2/c1-31(2)24-13-7-9-15-26(24)33(17-16-20-10-4-3-5-11-20)27(31)18-22-29(34)28(30(22)35)23-19-32-25-14-8-6-12-21(23)25/h6-9,12-15,18-20H,3-5,10-11,16-17H2,1-2H3,(H,34,35)/p+1. The number of hydrogen-bond acceptors (Lipinski definition) is 2. The predicted octanol–water partition coefficient (Wildman–Crippen LogP) is 6.99. The fraction of sp³-hybridized carbons (Fsp3) is 0.355. The lowest BCUT2D eigenvalue weighted by Gasteiger charge is -2.23. The Morgan fingerprint density at radius 3 is 2.60 bits per heavy atom. The van der Waals surface area contributed by atoms with Gasteiger partial charge >= 0.3 is 0 Å². The Kier molecular flexibility index (Phi) is 5.28. The number of carbonyl (C=O) groups is 1. The van der Waals surface area contributed by atoms with E-state index in [0.717, 1.165) is 41.1 Å². The van der Waals surface area contributed by atoms with Crippen molar-refractivity contribution in [2.75, 3.05) is 6.54 Å². The summed E-state index contributed by atoms with van der Waals surface area (Å²) in [5, 5.41) is 12.0. The number of fused-ring (bicyclic) bond motifs is 2. The van der Waals surface area contributed by atoms with Crippen molar-refractivity contribution in [2.24, 2.45) is 5.92 Å². The van der Waals surface area contributed by atoms with Gasteiger partial charge < -0.3 is 10.1 Å². The minimum absolute atomic E-state index is 0.0845. The molecule has 1 saturated carbocycles. The molecule has 0 unspecified atom stereocenters. The molecule has 2 aromatic carbocycles. The first kappa shape index (κ1) is 22.1. The van der Waals surface area contributed by atoms with Crippen LogP contribution in [0.3, 0.4) is 0 Å². The van der Waals surface area contributed by atoms with Crippen LogP contribution in [-0.4, -0.2) is 32.7 Å². The number of aromatic nitrogens is 1. The van der Waals surface area contributed by atoms with Crippen LogP contribution in [0.2, 0.25) is 0 Å². The maximum absolute atomic E-state index is 13.4. The van der Waals surface area contributed by atoms with Crippen molar-refractivity contribution in [2.45, 2.75) is 57.8 Å². The largest absolute Gasteiger partial charge is 0.506 e. The molecule has 178 valence electrons. The molecule has 3 aliphatic rings. The molecule has 2 heterocycles. The number of Topliss-reactive ketones (excluding diaryl/α,β-unsaturated/α-hetero) is 1. The highest BCUT2D eigenvalue weighted by Gasteiger charge is 2.46. The Bertz CT molecular complexity index is 1430. The Hall–Kier alpha value is -3.40. The number of hydrogen-bond donors (Lipinski definition) is 2. The lowest BCUT2D eigenvalue weighted by atomic mass is 9.77. The van der Waals surface area contributed by atoms with Gasteiger partial charge in [0.25, 0.3) is 0 Å². The summed E-state index contributed by atoms with van der Waals surface area (Å²) < 4.78 is 2.40. The number of para-hydroxylation sites is 2. The first-order valence-corrected chi connectivity index (χ1v) is 13.0. The third-order valence-corrected chi connectivity index (χ3v) is 8.39. The van der Waals surface area contributed by atoms with Crippen LogP contribution in [-0.2, 0) is 10.2 Å². The highest BCUT2D eigenvalue weighted by molar-refractivity contribution is 6.41. The third kappa shape index (κ3) is 3.50. The number of nitrogens with one attached hydrogen (secondary N) is 1. The number of aliphatic hydroxyl groups is 1. The van der Waals surface area contributed by atoms with Crippen molar-refractivity contribution in [1.82, 2.24) is 4.98 Å². The SMILES string of the molecule is CC1(C)C(/C=C2\C(=O)C(c3c[nH]c4ccccc34)=C2O)=[N+](CCC2CCCCC2)c2ccccc21. The number of aromatic amines is 1. The van der Waals surface area contributed by atoms with Crippen LogP contribution < -0.4 is 0 Å². The van der Waals surface area contributed by atoms with Gasteiger partial charge in [-0.3, -0.25) is 4.79 Å². The number of aliphatic hydroxyl groups excluding tert-OH is 1. The summed E-state index contributed by atoms with van der Waals surface area (Å²) in [5.41, 5.74) is 5.93. The van der Waals surface area contributed by atoms with Gasteiger partial charge in [-0.2, -0.15) is 4.58 Å². The minimum atomic E-state index is -0.243. The van der Waals surface area contributed by atoms with E-state index in [-0.39, 0.29) is 17.0 Å². The predicted molar refractivity (Wildman–Crippen MR) is 141 cm³/mol. The molecule has 0 spiro atoms. The number of benzene rings is 2. The maximum atomic E-state index is 13.4. The van der Waals surface area contributed by atoms with Gasteiger partial charge in [-0.15, -0.1) is 0 Å². The quantitative estimate of drug-likeness (QED) is 0.315. The summed E-state index contributed by atoms with van der Waals surface area (Å²) in [6, 6.07) is 16.5. The highest BCUT2D eigenvalue weighted by Crippen LogP contribution is 2.44. The molecule has 2 N–H and O–H groups in total. The fourth-order valence-corrected chi connectivity index (χ4v) is 6.35. The van der Waals surface area contributed by atoms with Gasteiger partial charge in [0.1, 0.15) is 12.3 Å². The lowest BCUT2D eigenvalue weighted by molar-refractivity contribution is -0.439. The molecule has 3 aromatic rings. The molecule has 1 aliphatic heterocycles. The Morgan fingerprint density at radius 2 is 1.80 bits per heavy atom. The molecule has 0 amide bonds. The molecular formula is C31H33N2O2+. The average Bonchev–Trinajstić information content (AvgIpc) is 3.38. The number of allylic oxidation sites excluding steroid dienone is 3. The molecule has 1 fully saturated rings. The van der Waals surface area contributed by atoms with Crippen molar-refractivity contribution in [3.8, 4) is 0 Å². The summed E-state index contributed by atoms with van der Waals surface area (Å²) in [5.74, 6) is 0.797. The number of carbonyl (C=O) groups excluding carboxylic acids is 1. The zero-order valence-corrected chi connectivity index (χ0v) is 20.6. The van der Waals surface area contributed by atoms with E-state index in [4.69, 9.17) is 0 Å².